The van der Waals surface area contributed by atoms with Gasteiger partial charge in [0, 0.05) is 5.41 Å². The molecule has 2 rings (SSSR count). The fraction of sp³-hybridized carbons (Fsp3) is 0.571. The van der Waals surface area contributed by atoms with Crippen molar-refractivity contribution in [3.8, 4) is 0 Å². The average Bonchev–Trinajstić information content (AvgIpc) is 2.60. The van der Waals surface area contributed by atoms with Crippen LogP contribution in [0.5, 0.6) is 0 Å². The maximum atomic E-state index is 2.46. The first-order valence-corrected chi connectivity index (χ1v) is 11.2. The second-order valence-corrected chi connectivity index (χ2v) is 10.6. The Morgan fingerprint density at radius 1 is 0.571 bits per heavy atom. The highest BCUT2D eigenvalue weighted by Crippen LogP contribution is 2.48. The molecule has 0 heterocycles. The minimum absolute atomic E-state index is 0.0388. The summed E-state index contributed by atoms with van der Waals surface area (Å²) in [6, 6.07) is 18.9. The monoisotopic (exact) mass is 378 g/mol. The van der Waals surface area contributed by atoms with Gasteiger partial charge in [0.2, 0.25) is 0 Å². The minimum atomic E-state index is 0.0388. The van der Waals surface area contributed by atoms with Crippen molar-refractivity contribution in [2.75, 3.05) is 0 Å². The van der Waals surface area contributed by atoms with Gasteiger partial charge in [0.25, 0.3) is 0 Å². The molecule has 0 aliphatic carbocycles. The van der Waals surface area contributed by atoms with Crippen molar-refractivity contribution in [1.29, 1.82) is 0 Å². The first kappa shape index (κ1) is 22.7. The van der Waals surface area contributed by atoms with Gasteiger partial charge >= 0.3 is 0 Å². The van der Waals surface area contributed by atoms with Gasteiger partial charge in [0.05, 0.1) is 0 Å². The summed E-state index contributed by atoms with van der Waals surface area (Å²) < 4.78 is 0. The summed E-state index contributed by atoms with van der Waals surface area (Å²) in [5.41, 5.74) is 5.87. The lowest BCUT2D eigenvalue weighted by molar-refractivity contribution is 0.199. The molecule has 0 amide bonds. The average molecular weight is 379 g/mol. The lowest BCUT2D eigenvalue weighted by atomic mass is 9.55. The van der Waals surface area contributed by atoms with Gasteiger partial charge in [-0.15, -0.1) is 0 Å². The highest BCUT2D eigenvalue weighted by Gasteiger charge is 2.45. The largest absolute Gasteiger partial charge is 0.0625 e. The second-order valence-electron chi connectivity index (χ2n) is 10.6. The van der Waals surface area contributed by atoms with Gasteiger partial charge in [-0.3, -0.25) is 0 Å². The van der Waals surface area contributed by atoms with Gasteiger partial charge in [-0.1, -0.05) is 111 Å². The SMILES string of the molecule is CC(C)Cc1ccc(C(C)(C)C(C)(c2ccc(CC(C)C)cc2)C(C)C)cc1. The number of hydrogen-bond acceptors (Lipinski definition) is 0. The number of hydrogen-bond donors (Lipinski definition) is 0. The Morgan fingerprint density at radius 2 is 0.929 bits per heavy atom. The molecule has 154 valence electrons. The van der Waals surface area contributed by atoms with E-state index in [2.05, 4.69) is 111 Å². The van der Waals surface area contributed by atoms with Crippen molar-refractivity contribution >= 4 is 0 Å². The van der Waals surface area contributed by atoms with E-state index in [1.165, 1.54) is 22.3 Å². The maximum absolute atomic E-state index is 2.46. The molecular weight excluding hydrogens is 336 g/mol. The van der Waals surface area contributed by atoms with Gasteiger partial charge in [-0.05, 0) is 58.3 Å². The van der Waals surface area contributed by atoms with Crippen molar-refractivity contribution in [3.63, 3.8) is 0 Å². The molecule has 0 fully saturated rings. The summed E-state index contributed by atoms with van der Waals surface area (Å²) in [7, 11) is 0. The molecule has 28 heavy (non-hydrogen) atoms. The molecule has 0 radical (unpaired) electrons. The van der Waals surface area contributed by atoms with Crippen LogP contribution in [0.3, 0.4) is 0 Å². The molecule has 0 spiro atoms. The Balaban J connectivity index is 2.41. The third-order valence-corrected chi connectivity index (χ3v) is 6.97. The van der Waals surface area contributed by atoms with Crippen LogP contribution in [0.25, 0.3) is 0 Å². The topological polar surface area (TPSA) is 0 Å². The van der Waals surface area contributed by atoms with E-state index in [1.54, 1.807) is 0 Å². The molecule has 2 aromatic carbocycles. The normalized spacial score (nSPS) is 14.7. The highest BCUT2D eigenvalue weighted by molar-refractivity contribution is 5.40. The van der Waals surface area contributed by atoms with Gasteiger partial charge in [0.1, 0.15) is 0 Å². The Labute approximate surface area is 174 Å². The van der Waals surface area contributed by atoms with Crippen LogP contribution in [0.2, 0.25) is 0 Å². The molecule has 2 aromatic rings. The van der Waals surface area contributed by atoms with Crippen LogP contribution in [0.15, 0.2) is 48.5 Å². The van der Waals surface area contributed by atoms with Crippen molar-refractivity contribution in [2.45, 2.75) is 86.0 Å². The fourth-order valence-electron chi connectivity index (χ4n) is 4.70. The molecule has 0 nitrogen and oxygen atoms in total. The maximum Gasteiger partial charge on any atom is 0.00392 e. The van der Waals surface area contributed by atoms with Gasteiger partial charge in [-0.25, -0.2) is 0 Å². The predicted molar refractivity (Wildman–Crippen MR) is 125 cm³/mol. The van der Waals surface area contributed by atoms with E-state index in [-0.39, 0.29) is 10.8 Å². The van der Waals surface area contributed by atoms with Crippen LogP contribution < -0.4 is 0 Å². The summed E-state index contributed by atoms with van der Waals surface area (Å²) in [5.74, 6) is 1.93. The third-order valence-electron chi connectivity index (χ3n) is 6.97. The summed E-state index contributed by atoms with van der Waals surface area (Å²) in [6.45, 7) is 21.2. The van der Waals surface area contributed by atoms with Crippen molar-refractivity contribution < 1.29 is 0 Å². The zero-order chi connectivity index (χ0) is 21.1. The molecule has 0 saturated carbocycles. The van der Waals surface area contributed by atoms with Crippen molar-refractivity contribution in [2.24, 2.45) is 17.8 Å². The Bertz CT molecular complexity index is 729. The predicted octanol–water partition coefficient (Wildman–Crippen LogP) is 7.98. The Hall–Kier alpha value is -1.56. The molecule has 0 N–H and O–H groups in total. The van der Waals surface area contributed by atoms with Crippen LogP contribution in [0.4, 0.5) is 0 Å². The van der Waals surface area contributed by atoms with Gasteiger partial charge in [0.15, 0.2) is 0 Å². The third kappa shape index (κ3) is 4.70. The van der Waals surface area contributed by atoms with Crippen LogP contribution in [-0.2, 0) is 23.7 Å². The standard InChI is InChI=1S/C28H42/c1-20(2)18-23-10-14-25(15-11-23)27(7,8)28(9,22(5)6)26-16-12-24(13-17-26)19-21(3)4/h10-17,20-22H,18-19H2,1-9H3. The first-order chi connectivity index (χ1) is 13.0. The molecular formula is C28H42. The lowest BCUT2D eigenvalue weighted by Gasteiger charge is -2.48. The molecule has 1 atom stereocenters. The highest BCUT2D eigenvalue weighted by atomic mass is 14.5. The van der Waals surface area contributed by atoms with E-state index in [1.807, 2.05) is 0 Å². The van der Waals surface area contributed by atoms with E-state index in [0.29, 0.717) is 17.8 Å². The quantitative estimate of drug-likeness (QED) is 0.437. The molecule has 0 aliphatic rings. The van der Waals surface area contributed by atoms with E-state index >= 15 is 0 Å². The minimum Gasteiger partial charge on any atom is -0.0625 e. The number of rotatable bonds is 8. The first-order valence-electron chi connectivity index (χ1n) is 11.2. The Kier molecular flexibility index (Phi) is 7.18. The molecule has 1 unspecified atom stereocenters. The zero-order valence-corrected chi connectivity index (χ0v) is 19.8. The van der Waals surface area contributed by atoms with Crippen LogP contribution >= 0.6 is 0 Å². The Morgan fingerprint density at radius 3 is 1.25 bits per heavy atom. The molecule has 0 aromatic heterocycles. The van der Waals surface area contributed by atoms with Gasteiger partial charge < -0.3 is 0 Å². The van der Waals surface area contributed by atoms with Crippen LogP contribution in [-0.4, -0.2) is 0 Å². The lowest BCUT2D eigenvalue weighted by Crippen LogP contribution is -2.46. The van der Waals surface area contributed by atoms with E-state index < -0.39 is 0 Å². The van der Waals surface area contributed by atoms with Gasteiger partial charge in [-0.2, -0.15) is 0 Å². The van der Waals surface area contributed by atoms with Crippen LogP contribution in [0.1, 0.15) is 84.6 Å². The second kappa shape index (κ2) is 8.85. The van der Waals surface area contributed by atoms with Crippen molar-refractivity contribution in [3.05, 3.63) is 70.8 Å². The summed E-state index contributed by atoms with van der Waals surface area (Å²) in [4.78, 5) is 0. The smallest absolute Gasteiger partial charge is 0.00392 e. The fourth-order valence-corrected chi connectivity index (χ4v) is 4.70. The van der Waals surface area contributed by atoms with E-state index in [4.69, 9.17) is 0 Å². The molecule has 0 bridgehead atoms. The summed E-state index contributed by atoms with van der Waals surface area (Å²) in [6.07, 6.45) is 2.30. The molecule has 0 aliphatic heterocycles. The molecule has 0 saturated heterocycles. The zero-order valence-electron chi connectivity index (χ0n) is 19.8. The van der Waals surface area contributed by atoms with Crippen LogP contribution in [0, 0.1) is 17.8 Å². The van der Waals surface area contributed by atoms with E-state index in [9.17, 15) is 0 Å². The van der Waals surface area contributed by atoms with E-state index in [0.717, 1.165) is 12.8 Å². The summed E-state index contributed by atoms with van der Waals surface area (Å²) >= 11 is 0. The molecule has 0 heteroatoms. The van der Waals surface area contributed by atoms with Crippen molar-refractivity contribution in [1.82, 2.24) is 0 Å². The summed E-state index contributed by atoms with van der Waals surface area (Å²) in [5, 5.41) is 0. The number of benzene rings is 2.